The number of rotatable bonds is 12. The minimum Gasteiger partial charge on any atom is -0.391 e. The number of hydrogen-bond donors (Lipinski definition) is 0. The van der Waals surface area contributed by atoms with Crippen LogP contribution in [0.25, 0.3) is 0 Å². The molecule has 35 heavy (non-hydrogen) atoms. The van der Waals surface area contributed by atoms with Crippen LogP contribution >= 0.6 is 0 Å². The van der Waals surface area contributed by atoms with Crippen LogP contribution in [0.3, 0.4) is 0 Å². The summed E-state index contributed by atoms with van der Waals surface area (Å²) in [6.45, 7) is 8.31. The van der Waals surface area contributed by atoms with Gasteiger partial charge in [0, 0.05) is 0 Å². The van der Waals surface area contributed by atoms with E-state index in [-0.39, 0.29) is 18.3 Å². The third-order valence-corrected chi connectivity index (χ3v) is 6.64. The van der Waals surface area contributed by atoms with Crippen LogP contribution in [-0.4, -0.2) is 39.5 Å². The van der Waals surface area contributed by atoms with E-state index in [1.165, 1.54) is 0 Å². The molecular formula is C29H36O5Si. The Hall–Kier alpha value is -2.32. The van der Waals surface area contributed by atoms with E-state index < -0.39 is 14.6 Å². The first-order chi connectivity index (χ1) is 17.0. The maximum atomic E-state index is 6.46. The number of benzene rings is 3. The van der Waals surface area contributed by atoms with Crippen LogP contribution < -0.4 is 0 Å². The van der Waals surface area contributed by atoms with Crippen molar-refractivity contribution in [3.05, 3.63) is 108 Å². The molecule has 6 heteroatoms. The molecule has 186 valence electrons. The Morgan fingerprint density at radius 2 is 1.09 bits per heavy atom. The first kappa shape index (κ1) is 25.8. The molecule has 4 atom stereocenters. The molecule has 1 heterocycles. The maximum absolute atomic E-state index is 6.46. The zero-order valence-corrected chi connectivity index (χ0v) is 21.8. The first-order valence-electron chi connectivity index (χ1n) is 12.2. The molecule has 0 saturated carbocycles. The van der Waals surface area contributed by atoms with E-state index in [4.69, 9.17) is 23.4 Å². The molecule has 0 radical (unpaired) electrons. The van der Waals surface area contributed by atoms with Gasteiger partial charge < -0.3 is 23.4 Å². The van der Waals surface area contributed by atoms with Crippen molar-refractivity contribution in [3.63, 3.8) is 0 Å². The predicted molar refractivity (Wildman–Crippen MR) is 139 cm³/mol. The van der Waals surface area contributed by atoms with Crippen LogP contribution in [0.1, 0.15) is 16.7 Å². The number of hydrogen-bond acceptors (Lipinski definition) is 5. The summed E-state index contributed by atoms with van der Waals surface area (Å²) in [5, 5.41) is 0. The van der Waals surface area contributed by atoms with Gasteiger partial charge in [-0.1, -0.05) is 91.0 Å². The van der Waals surface area contributed by atoms with Crippen LogP contribution in [0.4, 0.5) is 0 Å². The molecule has 1 saturated heterocycles. The topological polar surface area (TPSA) is 46.2 Å². The zero-order chi connectivity index (χ0) is 24.5. The summed E-state index contributed by atoms with van der Waals surface area (Å²) in [6.07, 6.45) is -1.49. The van der Waals surface area contributed by atoms with E-state index in [1.54, 1.807) is 0 Å². The van der Waals surface area contributed by atoms with Crippen molar-refractivity contribution in [3.8, 4) is 0 Å². The SMILES string of the molecule is C[Si](C)(C)O[C@H]1O[C@H](COCc2ccccc2)[C@@H](OCc2ccccc2)[C@H]1OCc1ccccc1. The van der Waals surface area contributed by atoms with Crippen LogP contribution in [-0.2, 0) is 43.2 Å². The molecule has 3 aromatic rings. The van der Waals surface area contributed by atoms with Gasteiger partial charge in [-0.2, -0.15) is 0 Å². The van der Waals surface area contributed by atoms with Gasteiger partial charge in [0.1, 0.15) is 18.3 Å². The smallest absolute Gasteiger partial charge is 0.187 e. The zero-order valence-electron chi connectivity index (χ0n) is 20.8. The van der Waals surface area contributed by atoms with Crippen LogP contribution in [0.2, 0.25) is 19.6 Å². The van der Waals surface area contributed by atoms with Crippen LogP contribution in [0, 0.1) is 0 Å². The standard InChI is InChI=1S/C29H36O5Si/c1-35(2,3)34-29-28(32-21-25-17-11-6-12-18-25)27(31-20-24-15-9-5-10-16-24)26(33-29)22-30-19-23-13-7-4-8-14-23/h4-18,26-29H,19-22H2,1-3H3/t26-,27-,28-,29-/m1/s1. The third kappa shape index (κ3) is 8.10. The molecule has 0 unspecified atom stereocenters. The fourth-order valence-electron chi connectivity index (χ4n) is 4.05. The van der Waals surface area contributed by atoms with Gasteiger partial charge in [0.15, 0.2) is 14.6 Å². The summed E-state index contributed by atoms with van der Waals surface area (Å²) in [7, 11) is -1.90. The van der Waals surface area contributed by atoms with E-state index in [1.807, 2.05) is 54.6 Å². The van der Waals surface area contributed by atoms with Crippen LogP contribution in [0.15, 0.2) is 91.0 Å². The van der Waals surface area contributed by atoms with Crippen molar-refractivity contribution in [1.29, 1.82) is 0 Å². The molecule has 1 aliphatic heterocycles. The third-order valence-electron chi connectivity index (χ3n) is 5.70. The maximum Gasteiger partial charge on any atom is 0.187 e. The summed E-state index contributed by atoms with van der Waals surface area (Å²) < 4.78 is 31.8. The van der Waals surface area contributed by atoms with E-state index in [2.05, 4.69) is 56.0 Å². The fourth-order valence-corrected chi connectivity index (χ4v) is 4.93. The minimum atomic E-state index is -1.90. The Balaban J connectivity index is 1.49. The Kier molecular flexibility index (Phi) is 9.26. The summed E-state index contributed by atoms with van der Waals surface area (Å²) in [5.41, 5.74) is 3.33. The van der Waals surface area contributed by atoms with Crippen molar-refractivity contribution < 1.29 is 23.4 Å². The molecular weight excluding hydrogens is 456 g/mol. The van der Waals surface area contributed by atoms with Crippen molar-refractivity contribution in [1.82, 2.24) is 0 Å². The normalized spacial score (nSPS) is 22.4. The Bertz CT molecular complexity index is 994. The highest BCUT2D eigenvalue weighted by molar-refractivity contribution is 6.69. The molecule has 0 amide bonds. The second kappa shape index (κ2) is 12.6. The molecule has 0 aliphatic carbocycles. The highest BCUT2D eigenvalue weighted by Crippen LogP contribution is 2.31. The largest absolute Gasteiger partial charge is 0.391 e. The van der Waals surface area contributed by atoms with Gasteiger partial charge in [-0.25, -0.2) is 0 Å². The molecule has 1 aliphatic rings. The lowest BCUT2D eigenvalue weighted by Crippen LogP contribution is -2.42. The van der Waals surface area contributed by atoms with Crippen molar-refractivity contribution in [2.45, 2.75) is 64.1 Å². The number of ether oxygens (including phenoxy) is 4. The predicted octanol–water partition coefficient (Wildman–Crippen LogP) is 5.95. The quantitative estimate of drug-likeness (QED) is 0.292. The Labute approximate surface area is 210 Å². The fraction of sp³-hybridized carbons (Fsp3) is 0.379. The van der Waals surface area contributed by atoms with Crippen molar-refractivity contribution in [2.24, 2.45) is 0 Å². The van der Waals surface area contributed by atoms with E-state index in [0.29, 0.717) is 26.4 Å². The molecule has 3 aromatic carbocycles. The summed E-state index contributed by atoms with van der Waals surface area (Å²) in [6, 6.07) is 30.5. The lowest BCUT2D eigenvalue weighted by atomic mass is 10.1. The van der Waals surface area contributed by atoms with E-state index in [9.17, 15) is 0 Å². The summed E-state index contributed by atoms with van der Waals surface area (Å²) in [5.74, 6) is 0. The molecule has 0 spiro atoms. The van der Waals surface area contributed by atoms with E-state index in [0.717, 1.165) is 16.7 Å². The van der Waals surface area contributed by atoms with Crippen molar-refractivity contribution >= 4 is 8.32 Å². The van der Waals surface area contributed by atoms with Gasteiger partial charge in [-0.15, -0.1) is 0 Å². The molecule has 0 aromatic heterocycles. The highest BCUT2D eigenvalue weighted by Gasteiger charge is 2.48. The van der Waals surface area contributed by atoms with Crippen LogP contribution in [0.5, 0.6) is 0 Å². The molecule has 0 N–H and O–H groups in total. The lowest BCUT2D eigenvalue weighted by Gasteiger charge is -2.28. The molecule has 4 rings (SSSR count). The van der Waals surface area contributed by atoms with E-state index >= 15 is 0 Å². The summed E-state index contributed by atoms with van der Waals surface area (Å²) in [4.78, 5) is 0. The Morgan fingerprint density at radius 3 is 1.57 bits per heavy atom. The van der Waals surface area contributed by atoms with Gasteiger partial charge in [0.05, 0.1) is 26.4 Å². The molecule has 5 nitrogen and oxygen atoms in total. The lowest BCUT2D eigenvalue weighted by molar-refractivity contribution is -0.143. The first-order valence-corrected chi connectivity index (χ1v) is 15.6. The van der Waals surface area contributed by atoms with Gasteiger partial charge in [-0.05, 0) is 36.3 Å². The highest BCUT2D eigenvalue weighted by atomic mass is 28.4. The Morgan fingerprint density at radius 1 is 0.629 bits per heavy atom. The minimum absolute atomic E-state index is 0.301. The second-order valence-electron chi connectivity index (χ2n) is 9.80. The molecule has 0 bridgehead atoms. The summed E-state index contributed by atoms with van der Waals surface area (Å²) >= 11 is 0. The van der Waals surface area contributed by atoms with Gasteiger partial charge in [0.25, 0.3) is 0 Å². The molecule has 1 fully saturated rings. The monoisotopic (exact) mass is 492 g/mol. The van der Waals surface area contributed by atoms with Gasteiger partial charge in [0.2, 0.25) is 0 Å². The van der Waals surface area contributed by atoms with Gasteiger partial charge in [-0.3, -0.25) is 0 Å². The average Bonchev–Trinajstić information content (AvgIpc) is 3.17. The van der Waals surface area contributed by atoms with Crippen molar-refractivity contribution in [2.75, 3.05) is 6.61 Å². The van der Waals surface area contributed by atoms with Gasteiger partial charge >= 0.3 is 0 Å². The second-order valence-corrected chi connectivity index (χ2v) is 14.3. The average molecular weight is 493 g/mol.